The zero-order valence-corrected chi connectivity index (χ0v) is 8.45. The Hall–Kier alpha value is -1.41. The molecule has 4 unspecified atom stereocenters. The first-order valence-corrected chi connectivity index (χ1v) is 5.38. The minimum absolute atomic E-state index is 0.103. The van der Waals surface area contributed by atoms with E-state index in [-0.39, 0.29) is 6.04 Å². The second kappa shape index (κ2) is 3.31. The molecule has 0 saturated heterocycles. The maximum atomic E-state index is 6.14. The molecule has 15 heavy (non-hydrogen) atoms. The van der Waals surface area contributed by atoms with E-state index in [0.717, 1.165) is 0 Å². The summed E-state index contributed by atoms with van der Waals surface area (Å²) in [6.45, 7) is 0. The van der Waals surface area contributed by atoms with Crippen LogP contribution in [0.2, 0.25) is 0 Å². The number of fused-ring (bicyclic) bond motifs is 3. The second-order valence-electron chi connectivity index (χ2n) is 4.26. The van der Waals surface area contributed by atoms with Crippen molar-refractivity contribution < 1.29 is 0 Å². The number of rotatable bonds is 0. The number of nitrogens with two attached hydrogens (primary N) is 1. The first kappa shape index (κ1) is 8.86. The molecule has 0 aromatic carbocycles. The summed E-state index contributed by atoms with van der Waals surface area (Å²) in [6, 6.07) is 0.400. The lowest BCUT2D eigenvalue weighted by Crippen LogP contribution is -2.43. The summed E-state index contributed by atoms with van der Waals surface area (Å²) in [7, 11) is 0. The molecule has 3 rings (SSSR count). The summed E-state index contributed by atoms with van der Waals surface area (Å²) in [5, 5.41) is 0. The molecule has 3 aliphatic rings. The summed E-state index contributed by atoms with van der Waals surface area (Å²) in [5.41, 5.74) is 7.46. The third kappa shape index (κ3) is 1.33. The molecule has 2 heteroatoms. The molecule has 76 valence electrons. The third-order valence-electron chi connectivity index (χ3n) is 3.37. The van der Waals surface area contributed by atoms with Crippen LogP contribution in [0.5, 0.6) is 0 Å². The normalized spacial score (nSPS) is 41.0. The molecule has 0 aromatic heterocycles. The first-order valence-electron chi connectivity index (χ1n) is 5.38. The van der Waals surface area contributed by atoms with Crippen LogP contribution in [0.3, 0.4) is 0 Å². The van der Waals surface area contributed by atoms with Gasteiger partial charge in [-0.1, -0.05) is 36.5 Å². The maximum absolute atomic E-state index is 6.14. The van der Waals surface area contributed by atoms with Crippen LogP contribution in [0.15, 0.2) is 53.1 Å². The molecule has 0 bridgehead atoms. The van der Waals surface area contributed by atoms with E-state index in [0.29, 0.717) is 17.9 Å². The largest absolute Gasteiger partial charge is 0.324 e. The molecule has 0 fully saturated rings. The number of aliphatic imine (C=N–C) groups is 1. The fourth-order valence-electron chi connectivity index (χ4n) is 2.61. The fourth-order valence-corrected chi connectivity index (χ4v) is 2.61. The molecule has 2 aliphatic carbocycles. The molecule has 1 aliphatic heterocycles. The number of dihydropyridines is 1. The Kier molecular flexibility index (Phi) is 1.96. The molecular weight excluding hydrogens is 184 g/mol. The van der Waals surface area contributed by atoms with Crippen molar-refractivity contribution in [1.82, 2.24) is 0 Å². The van der Waals surface area contributed by atoms with Crippen molar-refractivity contribution in [2.75, 3.05) is 0 Å². The summed E-state index contributed by atoms with van der Waals surface area (Å²) < 4.78 is 0. The molecule has 1 heterocycles. The van der Waals surface area contributed by atoms with Gasteiger partial charge in [0.05, 0.1) is 6.04 Å². The van der Waals surface area contributed by atoms with Gasteiger partial charge >= 0.3 is 0 Å². The van der Waals surface area contributed by atoms with E-state index in [2.05, 4.69) is 41.4 Å². The lowest BCUT2D eigenvalue weighted by atomic mass is 9.72. The van der Waals surface area contributed by atoms with E-state index in [1.165, 1.54) is 5.57 Å². The van der Waals surface area contributed by atoms with Gasteiger partial charge in [-0.3, -0.25) is 4.99 Å². The summed E-state index contributed by atoms with van der Waals surface area (Å²) in [4.78, 5) is 4.57. The Morgan fingerprint density at radius 2 is 2.07 bits per heavy atom. The van der Waals surface area contributed by atoms with Gasteiger partial charge in [-0.25, -0.2) is 0 Å². The summed E-state index contributed by atoms with van der Waals surface area (Å²) in [5.74, 6) is 0.779. The van der Waals surface area contributed by atoms with Crippen LogP contribution in [-0.2, 0) is 0 Å². The van der Waals surface area contributed by atoms with Gasteiger partial charge in [0, 0.05) is 24.1 Å². The highest BCUT2D eigenvalue weighted by molar-refractivity contribution is 5.73. The van der Waals surface area contributed by atoms with Gasteiger partial charge in [-0.2, -0.15) is 0 Å². The predicted octanol–water partition coefficient (Wildman–Crippen LogP) is 1.62. The standard InChI is InChI=1S/C13H14N2/c14-12-8-9-4-1-2-5-10(9)13-11(12)6-3-7-15-13/h1-8,10-13H,14H2. The highest BCUT2D eigenvalue weighted by Gasteiger charge is 2.36. The van der Waals surface area contributed by atoms with Crippen LogP contribution in [0.1, 0.15) is 0 Å². The van der Waals surface area contributed by atoms with Crippen molar-refractivity contribution in [1.29, 1.82) is 0 Å². The molecule has 0 saturated carbocycles. The van der Waals surface area contributed by atoms with Gasteiger partial charge in [0.2, 0.25) is 0 Å². The lowest BCUT2D eigenvalue weighted by Gasteiger charge is -2.38. The quantitative estimate of drug-likeness (QED) is 0.631. The van der Waals surface area contributed by atoms with Gasteiger partial charge in [0.25, 0.3) is 0 Å². The highest BCUT2D eigenvalue weighted by Crippen LogP contribution is 2.36. The van der Waals surface area contributed by atoms with Crippen LogP contribution in [0.4, 0.5) is 0 Å². The van der Waals surface area contributed by atoms with E-state index in [1.54, 1.807) is 0 Å². The zero-order valence-electron chi connectivity index (χ0n) is 8.45. The molecule has 2 nitrogen and oxygen atoms in total. The predicted molar refractivity (Wildman–Crippen MR) is 62.7 cm³/mol. The molecule has 0 aromatic rings. The van der Waals surface area contributed by atoms with Crippen molar-refractivity contribution in [2.24, 2.45) is 22.6 Å². The van der Waals surface area contributed by atoms with E-state index in [1.807, 2.05) is 12.3 Å². The molecule has 4 atom stereocenters. The monoisotopic (exact) mass is 198 g/mol. The van der Waals surface area contributed by atoms with Gasteiger partial charge in [0.15, 0.2) is 0 Å². The van der Waals surface area contributed by atoms with Crippen LogP contribution in [0, 0.1) is 11.8 Å². The Bertz CT molecular complexity index is 412. The van der Waals surface area contributed by atoms with E-state index in [4.69, 9.17) is 5.73 Å². The summed E-state index contributed by atoms with van der Waals surface area (Å²) >= 11 is 0. The Labute approximate surface area is 89.6 Å². The average molecular weight is 198 g/mol. The Morgan fingerprint density at radius 3 is 3.00 bits per heavy atom. The number of hydrogen-bond donors (Lipinski definition) is 1. The second-order valence-corrected chi connectivity index (χ2v) is 4.26. The third-order valence-corrected chi connectivity index (χ3v) is 3.37. The fraction of sp³-hybridized carbons (Fsp3) is 0.308. The minimum atomic E-state index is 0.103. The maximum Gasteiger partial charge on any atom is 0.0683 e. The van der Waals surface area contributed by atoms with Gasteiger partial charge < -0.3 is 5.73 Å². The summed E-state index contributed by atoms with van der Waals surface area (Å²) in [6.07, 6.45) is 16.8. The zero-order chi connectivity index (χ0) is 10.3. The minimum Gasteiger partial charge on any atom is -0.324 e. The molecule has 0 radical (unpaired) electrons. The number of allylic oxidation sites excluding steroid dienone is 4. The van der Waals surface area contributed by atoms with E-state index >= 15 is 0 Å². The highest BCUT2D eigenvalue weighted by atomic mass is 14.8. The van der Waals surface area contributed by atoms with Crippen LogP contribution in [0.25, 0.3) is 0 Å². The van der Waals surface area contributed by atoms with Crippen molar-refractivity contribution >= 4 is 6.21 Å². The number of hydrogen-bond acceptors (Lipinski definition) is 2. The van der Waals surface area contributed by atoms with Crippen molar-refractivity contribution in [3.05, 3.63) is 48.1 Å². The van der Waals surface area contributed by atoms with Gasteiger partial charge in [-0.15, -0.1) is 0 Å². The molecule has 2 N–H and O–H groups in total. The molecule has 0 spiro atoms. The van der Waals surface area contributed by atoms with E-state index < -0.39 is 0 Å². The van der Waals surface area contributed by atoms with Crippen molar-refractivity contribution in [2.45, 2.75) is 12.1 Å². The number of nitrogens with zero attached hydrogens (tertiary/aromatic N) is 1. The van der Waals surface area contributed by atoms with Crippen LogP contribution in [-0.4, -0.2) is 18.3 Å². The Morgan fingerprint density at radius 1 is 1.13 bits per heavy atom. The first-order chi connectivity index (χ1) is 7.36. The average Bonchev–Trinajstić information content (AvgIpc) is 2.30. The van der Waals surface area contributed by atoms with Gasteiger partial charge in [0.1, 0.15) is 0 Å². The van der Waals surface area contributed by atoms with Crippen LogP contribution < -0.4 is 5.73 Å². The van der Waals surface area contributed by atoms with Gasteiger partial charge in [-0.05, 0) is 11.6 Å². The Balaban J connectivity index is 2.04. The van der Waals surface area contributed by atoms with Crippen LogP contribution >= 0.6 is 0 Å². The topological polar surface area (TPSA) is 38.4 Å². The molecular formula is C13H14N2. The van der Waals surface area contributed by atoms with Crippen molar-refractivity contribution in [3.63, 3.8) is 0 Å². The SMILES string of the molecule is NC1C=C2C=CC=CC2C2N=CC=CC12. The van der Waals surface area contributed by atoms with Crippen molar-refractivity contribution in [3.8, 4) is 0 Å². The van der Waals surface area contributed by atoms with E-state index in [9.17, 15) is 0 Å². The lowest BCUT2D eigenvalue weighted by molar-refractivity contribution is 0.385. The molecule has 0 amide bonds. The smallest absolute Gasteiger partial charge is 0.0683 e.